The SMILES string of the molecule is CN(CCOc1ccc(F)cc1)C(=O)COc1ccc(C#N)cc1. The number of nitrogens with zero attached hydrogens (tertiary/aromatic N) is 2. The van der Waals surface area contributed by atoms with Crippen LogP contribution in [-0.4, -0.2) is 37.6 Å². The molecule has 0 atom stereocenters. The van der Waals surface area contributed by atoms with E-state index in [0.29, 0.717) is 30.2 Å². The van der Waals surface area contributed by atoms with Gasteiger partial charge in [-0.3, -0.25) is 4.79 Å². The quantitative estimate of drug-likeness (QED) is 0.784. The van der Waals surface area contributed by atoms with Gasteiger partial charge in [0.1, 0.15) is 23.9 Å². The van der Waals surface area contributed by atoms with Crippen LogP contribution in [0.3, 0.4) is 0 Å². The maximum Gasteiger partial charge on any atom is 0.260 e. The average molecular weight is 328 g/mol. The van der Waals surface area contributed by atoms with Gasteiger partial charge >= 0.3 is 0 Å². The zero-order chi connectivity index (χ0) is 17.4. The molecule has 2 aromatic rings. The highest BCUT2D eigenvalue weighted by atomic mass is 19.1. The van der Waals surface area contributed by atoms with Crippen LogP contribution < -0.4 is 9.47 Å². The Hall–Kier alpha value is -3.07. The van der Waals surface area contributed by atoms with Crippen LogP contribution in [-0.2, 0) is 4.79 Å². The minimum absolute atomic E-state index is 0.0983. The van der Waals surface area contributed by atoms with Crippen LogP contribution in [0.4, 0.5) is 4.39 Å². The predicted molar refractivity (Wildman–Crippen MR) is 86.2 cm³/mol. The fraction of sp³-hybridized carbons (Fsp3) is 0.222. The fourth-order valence-electron chi connectivity index (χ4n) is 1.84. The number of carbonyl (C=O) groups excluding carboxylic acids is 1. The van der Waals surface area contributed by atoms with Gasteiger partial charge in [0.25, 0.3) is 5.91 Å². The standard InChI is InChI=1S/C18H17FN2O3/c1-21(10-11-23-16-8-4-15(19)5-9-16)18(22)13-24-17-6-2-14(12-20)3-7-17/h2-9H,10-11,13H2,1H3. The summed E-state index contributed by atoms with van der Waals surface area (Å²) in [6, 6.07) is 14.2. The van der Waals surface area contributed by atoms with Crippen molar-refractivity contribution < 1.29 is 18.7 Å². The number of carbonyl (C=O) groups is 1. The summed E-state index contributed by atoms with van der Waals surface area (Å²) in [7, 11) is 1.65. The van der Waals surface area contributed by atoms with Gasteiger partial charge in [0, 0.05) is 7.05 Å². The Bertz CT molecular complexity index is 709. The number of hydrogen-bond acceptors (Lipinski definition) is 4. The normalized spacial score (nSPS) is 9.88. The molecule has 2 rings (SSSR count). The summed E-state index contributed by atoms with van der Waals surface area (Å²) in [6.45, 7) is 0.580. The number of hydrogen-bond donors (Lipinski definition) is 0. The number of likely N-dealkylation sites (N-methyl/N-ethyl adjacent to an activating group) is 1. The molecule has 0 aliphatic carbocycles. The number of benzene rings is 2. The first-order chi connectivity index (χ1) is 11.6. The van der Waals surface area contributed by atoms with E-state index < -0.39 is 0 Å². The van der Waals surface area contributed by atoms with Crippen molar-refractivity contribution in [3.05, 3.63) is 59.9 Å². The van der Waals surface area contributed by atoms with Gasteiger partial charge in [-0.05, 0) is 48.5 Å². The molecule has 0 fully saturated rings. The second-order valence-electron chi connectivity index (χ2n) is 5.04. The van der Waals surface area contributed by atoms with Gasteiger partial charge in [-0.2, -0.15) is 5.26 Å². The van der Waals surface area contributed by atoms with Gasteiger partial charge in [0.05, 0.1) is 18.2 Å². The van der Waals surface area contributed by atoms with Crippen molar-refractivity contribution in [2.75, 3.05) is 26.8 Å². The Kier molecular flexibility index (Phi) is 6.15. The summed E-state index contributed by atoms with van der Waals surface area (Å²) in [5.41, 5.74) is 0.531. The molecule has 0 aromatic heterocycles. The monoisotopic (exact) mass is 328 g/mol. The van der Waals surface area contributed by atoms with Crippen molar-refractivity contribution in [3.8, 4) is 17.6 Å². The number of amides is 1. The Balaban J connectivity index is 1.71. The maximum absolute atomic E-state index is 12.8. The Morgan fingerprint density at radius 3 is 2.29 bits per heavy atom. The highest BCUT2D eigenvalue weighted by molar-refractivity contribution is 5.77. The van der Waals surface area contributed by atoms with Crippen LogP contribution in [0.25, 0.3) is 0 Å². The summed E-state index contributed by atoms with van der Waals surface area (Å²) >= 11 is 0. The second-order valence-corrected chi connectivity index (χ2v) is 5.04. The summed E-state index contributed by atoms with van der Waals surface area (Å²) < 4.78 is 23.6. The van der Waals surface area contributed by atoms with Gasteiger partial charge in [0.15, 0.2) is 6.61 Å². The molecule has 1 amide bonds. The largest absolute Gasteiger partial charge is 0.492 e. The number of ether oxygens (including phenoxy) is 2. The number of rotatable bonds is 7. The Morgan fingerprint density at radius 1 is 1.08 bits per heavy atom. The Morgan fingerprint density at radius 2 is 1.67 bits per heavy atom. The minimum atomic E-state index is -0.324. The van der Waals surface area contributed by atoms with Crippen molar-refractivity contribution in [2.45, 2.75) is 0 Å². The molecule has 0 aliphatic rings. The molecule has 0 spiro atoms. The lowest BCUT2D eigenvalue weighted by molar-refractivity contribution is -0.132. The van der Waals surface area contributed by atoms with Gasteiger partial charge in [-0.1, -0.05) is 0 Å². The van der Waals surface area contributed by atoms with Gasteiger partial charge in [-0.25, -0.2) is 4.39 Å². The van der Waals surface area contributed by atoms with E-state index >= 15 is 0 Å². The van der Waals surface area contributed by atoms with Crippen molar-refractivity contribution in [1.29, 1.82) is 5.26 Å². The van der Waals surface area contributed by atoms with Gasteiger partial charge < -0.3 is 14.4 Å². The van der Waals surface area contributed by atoms with Crippen LogP contribution >= 0.6 is 0 Å². The second kappa shape index (κ2) is 8.53. The smallest absolute Gasteiger partial charge is 0.260 e. The van der Waals surface area contributed by atoms with E-state index in [2.05, 4.69) is 0 Å². The number of nitriles is 1. The third kappa shape index (κ3) is 5.29. The first kappa shape index (κ1) is 17.3. The van der Waals surface area contributed by atoms with Crippen LogP contribution in [0, 0.1) is 17.1 Å². The molecule has 0 saturated heterocycles. The van der Waals surface area contributed by atoms with E-state index in [1.165, 1.54) is 29.2 Å². The van der Waals surface area contributed by atoms with Crippen LogP contribution in [0.2, 0.25) is 0 Å². The maximum atomic E-state index is 12.8. The molecule has 0 heterocycles. The Labute approximate surface area is 139 Å². The zero-order valence-corrected chi connectivity index (χ0v) is 13.2. The van der Waals surface area contributed by atoms with E-state index in [1.54, 1.807) is 31.3 Å². The molecule has 124 valence electrons. The molecule has 0 saturated carbocycles. The lowest BCUT2D eigenvalue weighted by Crippen LogP contribution is -2.34. The van der Waals surface area contributed by atoms with E-state index in [1.807, 2.05) is 6.07 Å². The van der Waals surface area contributed by atoms with Crippen LogP contribution in [0.5, 0.6) is 11.5 Å². The molecule has 0 radical (unpaired) electrons. The van der Waals surface area contributed by atoms with Crippen LogP contribution in [0.15, 0.2) is 48.5 Å². The predicted octanol–water partition coefficient (Wildman–Crippen LogP) is 2.61. The molecule has 0 unspecified atom stereocenters. The van der Waals surface area contributed by atoms with Crippen molar-refractivity contribution in [1.82, 2.24) is 4.90 Å². The number of halogens is 1. The van der Waals surface area contributed by atoms with E-state index in [4.69, 9.17) is 14.7 Å². The zero-order valence-electron chi connectivity index (χ0n) is 13.2. The molecular formula is C18H17FN2O3. The molecule has 0 N–H and O–H groups in total. The van der Waals surface area contributed by atoms with Gasteiger partial charge in [0.2, 0.25) is 0 Å². The lowest BCUT2D eigenvalue weighted by atomic mass is 10.2. The van der Waals surface area contributed by atoms with Gasteiger partial charge in [-0.15, -0.1) is 0 Å². The third-order valence-corrected chi connectivity index (χ3v) is 3.28. The van der Waals surface area contributed by atoms with E-state index in [9.17, 15) is 9.18 Å². The molecule has 0 aliphatic heterocycles. The highest BCUT2D eigenvalue weighted by Gasteiger charge is 2.09. The third-order valence-electron chi connectivity index (χ3n) is 3.28. The molecule has 2 aromatic carbocycles. The summed E-state index contributed by atoms with van der Waals surface area (Å²) in [4.78, 5) is 13.5. The topological polar surface area (TPSA) is 62.6 Å². The van der Waals surface area contributed by atoms with Crippen molar-refractivity contribution >= 4 is 5.91 Å². The van der Waals surface area contributed by atoms with E-state index in [-0.39, 0.29) is 18.3 Å². The lowest BCUT2D eigenvalue weighted by Gasteiger charge is -2.17. The molecule has 0 bridgehead atoms. The molecule has 5 nitrogen and oxygen atoms in total. The summed E-state index contributed by atoms with van der Waals surface area (Å²) in [5, 5.41) is 8.72. The summed E-state index contributed by atoms with van der Waals surface area (Å²) in [5.74, 6) is 0.557. The first-order valence-corrected chi connectivity index (χ1v) is 7.34. The molecular weight excluding hydrogens is 311 g/mol. The van der Waals surface area contributed by atoms with E-state index in [0.717, 1.165) is 0 Å². The molecule has 6 heteroatoms. The van der Waals surface area contributed by atoms with Crippen LogP contribution in [0.1, 0.15) is 5.56 Å². The fourth-order valence-corrected chi connectivity index (χ4v) is 1.84. The molecule has 24 heavy (non-hydrogen) atoms. The minimum Gasteiger partial charge on any atom is -0.492 e. The average Bonchev–Trinajstić information content (AvgIpc) is 2.61. The summed E-state index contributed by atoms with van der Waals surface area (Å²) in [6.07, 6.45) is 0. The highest BCUT2D eigenvalue weighted by Crippen LogP contribution is 2.12. The van der Waals surface area contributed by atoms with Crippen molar-refractivity contribution in [3.63, 3.8) is 0 Å². The van der Waals surface area contributed by atoms with Crippen molar-refractivity contribution in [2.24, 2.45) is 0 Å². The first-order valence-electron chi connectivity index (χ1n) is 7.34.